The van der Waals surface area contributed by atoms with Crippen molar-refractivity contribution >= 4 is 18.7 Å². The summed E-state index contributed by atoms with van der Waals surface area (Å²) >= 11 is 0. The third kappa shape index (κ3) is 6.21. The second kappa shape index (κ2) is 14.3. The molecule has 5 aromatic carbocycles. The number of methoxy groups -OCH3 is 2. The van der Waals surface area contributed by atoms with Crippen molar-refractivity contribution < 1.29 is 18.6 Å². The zero-order valence-corrected chi connectivity index (χ0v) is 29.6. The molecule has 0 bridgehead atoms. The summed E-state index contributed by atoms with van der Waals surface area (Å²) in [5.74, 6) is -1.47. The van der Waals surface area contributed by atoms with E-state index in [9.17, 15) is 0 Å². The first kappa shape index (κ1) is 34.0. The van der Waals surface area contributed by atoms with Gasteiger partial charge in [0, 0.05) is 20.8 Å². The average molecular weight is 658 g/mol. The summed E-state index contributed by atoms with van der Waals surface area (Å²) in [5.41, 5.74) is 1.87. The maximum atomic E-state index is 7.54. The summed E-state index contributed by atoms with van der Waals surface area (Å²) in [6.45, 7) is 7.56. The number of benzene rings is 5. The summed E-state index contributed by atoms with van der Waals surface area (Å²) in [5, 5.41) is 6.09. The molecule has 0 aliphatic carbocycles. The molecule has 1 aliphatic heterocycles. The van der Waals surface area contributed by atoms with Gasteiger partial charge in [-0.05, 0) is 38.5 Å². The number of hydrogen-bond donors (Lipinski definition) is 1. The fourth-order valence-electron chi connectivity index (χ4n) is 7.43. The lowest BCUT2D eigenvalue weighted by Gasteiger charge is -2.46. The summed E-state index contributed by atoms with van der Waals surface area (Å²) in [4.78, 5) is 0. The molecular weight excluding hydrogens is 611 g/mol. The van der Waals surface area contributed by atoms with E-state index in [0.717, 1.165) is 16.7 Å². The second-order valence-corrected chi connectivity index (χ2v) is 17.7. The molecule has 1 heterocycles. The van der Waals surface area contributed by atoms with Crippen LogP contribution in [0, 0.1) is 0 Å². The molecule has 2 unspecified atom stereocenters. The molecule has 0 spiro atoms. The van der Waals surface area contributed by atoms with Crippen LogP contribution >= 0.6 is 0 Å². The number of nitrogens with one attached hydrogen (secondary N) is 1. The largest absolute Gasteiger partial charge is 0.403 e. The fraction of sp³-hybridized carbons (Fsp3) is 0.286. The van der Waals surface area contributed by atoms with Gasteiger partial charge in [0.05, 0.1) is 12.1 Å². The Morgan fingerprint density at radius 3 is 1.29 bits per heavy atom. The summed E-state index contributed by atoms with van der Waals surface area (Å²) in [6, 6.07) is 52.2. The quantitative estimate of drug-likeness (QED) is 0.0871. The Morgan fingerprint density at radius 2 is 0.938 bits per heavy atom. The van der Waals surface area contributed by atoms with E-state index in [1.54, 1.807) is 14.2 Å². The van der Waals surface area contributed by atoms with Crippen LogP contribution in [0.5, 0.6) is 0 Å². The predicted molar refractivity (Wildman–Crippen MR) is 196 cm³/mol. The average Bonchev–Trinajstić information content (AvgIpc) is 3.62. The molecule has 1 saturated heterocycles. The lowest BCUT2D eigenvalue weighted by Crippen LogP contribution is -2.67. The SMILES string of the molecule is COC(OC)(OC(c1ccccc1)(c1ccccc1)c1ccccc1)C1CC(O[Si](c2ccccc2)(c2ccccc2)C(C)(C)C)CN1. The van der Waals surface area contributed by atoms with Crippen molar-refractivity contribution in [2.24, 2.45) is 0 Å². The second-order valence-electron chi connectivity index (χ2n) is 13.5. The van der Waals surface area contributed by atoms with Gasteiger partial charge in [-0.3, -0.25) is 0 Å². The van der Waals surface area contributed by atoms with Crippen LogP contribution in [0.3, 0.4) is 0 Å². The minimum Gasteiger partial charge on any atom is -0.403 e. The van der Waals surface area contributed by atoms with Gasteiger partial charge in [0.15, 0.2) is 0 Å². The normalized spacial score (nSPS) is 17.4. The lowest BCUT2D eigenvalue weighted by atomic mass is 9.80. The highest BCUT2D eigenvalue weighted by atomic mass is 28.4. The van der Waals surface area contributed by atoms with E-state index in [1.807, 2.05) is 54.6 Å². The third-order valence-corrected chi connectivity index (χ3v) is 14.8. The molecule has 5 aromatic rings. The first-order chi connectivity index (χ1) is 23.3. The molecule has 0 radical (unpaired) electrons. The zero-order valence-electron chi connectivity index (χ0n) is 28.6. The van der Waals surface area contributed by atoms with Gasteiger partial charge in [0.1, 0.15) is 5.60 Å². The molecule has 6 rings (SSSR count). The van der Waals surface area contributed by atoms with Crippen molar-refractivity contribution in [2.45, 2.75) is 56.0 Å². The van der Waals surface area contributed by atoms with Gasteiger partial charge in [-0.2, -0.15) is 0 Å². The highest BCUT2D eigenvalue weighted by Gasteiger charge is 2.56. The van der Waals surface area contributed by atoms with E-state index in [4.69, 9.17) is 18.6 Å². The van der Waals surface area contributed by atoms with Gasteiger partial charge in [0.2, 0.25) is 0 Å². The Kier molecular flexibility index (Phi) is 10.1. The molecule has 248 valence electrons. The Bertz CT molecular complexity index is 1570. The van der Waals surface area contributed by atoms with E-state index in [2.05, 4.69) is 123 Å². The molecule has 0 amide bonds. The van der Waals surface area contributed by atoms with E-state index in [0.29, 0.717) is 13.0 Å². The topological polar surface area (TPSA) is 49.0 Å². The third-order valence-electron chi connectivity index (χ3n) is 9.68. The fourth-order valence-corrected chi connectivity index (χ4v) is 12.1. The standard InChI is InChI=1S/C42H47NO4Si/c1-40(2,3)48(37-27-17-9-18-28-37,38-29-19-10-20-30-38)46-36-31-39(43-32-36)42(44-4,45-5)47-41(33-21-11-6-12-22-33,34-23-13-7-14-24-34)35-25-15-8-16-26-35/h6-30,36,39,43H,31-32H2,1-5H3. The molecule has 0 saturated carbocycles. The first-order valence-corrected chi connectivity index (χ1v) is 18.7. The monoisotopic (exact) mass is 657 g/mol. The van der Waals surface area contributed by atoms with Gasteiger partial charge in [-0.15, -0.1) is 0 Å². The number of hydrogen-bond acceptors (Lipinski definition) is 5. The van der Waals surface area contributed by atoms with Crippen LogP contribution in [0.1, 0.15) is 43.9 Å². The highest BCUT2D eigenvalue weighted by molar-refractivity contribution is 6.99. The Hall–Kier alpha value is -3.88. The van der Waals surface area contributed by atoms with Crippen LogP contribution in [0.15, 0.2) is 152 Å². The zero-order chi connectivity index (χ0) is 33.7. The van der Waals surface area contributed by atoms with Gasteiger partial charge in [-0.1, -0.05) is 172 Å². The highest BCUT2D eigenvalue weighted by Crippen LogP contribution is 2.46. The van der Waals surface area contributed by atoms with Crippen LogP contribution in [0.4, 0.5) is 0 Å². The molecule has 2 atom stereocenters. The van der Waals surface area contributed by atoms with Gasteiger partial charge < -0.3 is 24.0 Å². The number of rotatable bonds is 12. The molecule has 1 aliphatic rings. The van der Waals surface area contributed by atoms with Crippen LogP contribution in [-0.4, -0.2) is 47.2 Å². The van der Waals surface area contributed by atoms with Crippen molar-refractivity contribution in [1.82, 2.24) is 5.32 Å². The summed E-state index contributed by atoms with van der Waals surface area (Å²) in [7, 11) is 0.529. The van der Waals surface area contributed by atoms with Crippen LogP contribution < -0.4 is 15.7 Å². The van der Waals surface area contributed by atoms with Crippen molar-refractivity contribution in [3.05, 3.63) is 168 Å². The molecule has 1 fully saturated rings. The molecule has 0 aromatic heterocycles. The van der Waals surface area contributed by atoms with Gasteiger partial charge in [0.25, 0.3) is 14.3 Å². The van der Waals surface area contributed by atoms with Crippen LogP contribution in [0.25, 0.3) is 0 Å². The van der Waals surface area contributed by atoms with Crippen molar-refractivity contribution in [3.8, 4) is 0 Å². The van der Waals surface area contributed by atoms with Crippen molar-refractivity contribution in [1.29, 1.82) is 0 Å². The predicted octanol–water partition coefficient (Wildman–Crippen LogP) is 7.25. The van der Waals surface area contributed by atoms with Gasteiger partial charge in [-0.25, -0.2) is 0 Å². The molecule has 5 nitrogen and oxygen atoms in total. The van der Waals surface area contributed by atoms with E-state index < -0.39 is 19.9 Å². The molecule has 6 heteroatoms. The first-order valence-electron chi connectivity index (χ1n) is 16.8. The minimum atomic E-state index is -2.79. The Balaban J connectivity index is 1.42. The van der Waals surface area contributed by atoms with Crippen molar-refractivity contribution in [3.63, 3.8) is 0 Å². The minimum absolute atomic E-state index is 0.117. The Labute approximate surface area is 287 Å². The number of ether oxygens (including phenoxy) is 3. The Morgan fingerprint density at radius 1 is 0.562 bits per heavy atom. The van der Waals surface area contributed by atoms with Gasteiger partial charge >= 0.3 is 0 Å². The van der Waals surface area contributed by atoms with Crippen LogP contribution in [0.2, 0.25) is 5.04 Å². The summed E-state index contributed by atoms with van der Waals surface area (Å²) in [6.07, 6.45) is 0.509. The molecular formula is C42H47NO4Si. The summed E-state index contributed by atoms with van der Waals surface area (Å²) < 4.78 is 27.7. The molecule has 1 N–H and O–H groups in total. The molecule has 48 heavy (non-hydrogen) atoms. The lowest BCUT2D eigenvalue weighted by molar-refractivity contribution is -0.398. The van der Waals surface area contributed by atoms with E-state index in [-0.39, 0.29) is 17.2 Å². The van der Waals surface area contributed by atoms with E-state index in [1.165, 1.54) is 10.4 Å². The van der Waals surface area contributed by atoms with Crippen LogP contribution in [-0.2, 0) is 24.2 Å². The van der Waals surface area contributed by atoms with Crippen molar-refractivity contribution in [2.75, 3.05) is 20.8 Å². The van der Waals surface area contributed by atoms with E-state index >= 15 is 0 Å². The maximum absolute atomic E-state index is 7.54. The maximum Gasteiger partial charge on any atom is 0.300 e. The smallest absolute Gasteiger partial charge is 0.300 e.